The summed E-state index contributed by atoms with van der Waals surface area (Å²) in [4.78, 5) is 24.2. The number of halogens is 1. The largest absolute Gasteiger partial charge is 0.386 e. The maximum absolute atomic E-state index is 13.6. The van der Waals surface area contributed by atoms with Gasteiger partial charge in [-0.05, 0) is 45.0 Å². The second-order valence-electron chi connectivity index (χ2n) is 7.16. The summed E-state index contributed by atoms with van der Waals surface area (Å²) in [5, 5.41) is 17.9. The first-order valence-corrected chi connectivity index (χ1v) is 8.55. The lowest BCUT2D eigenvalue weighted by Gasteiger charge is -2.20. The molecule has 144 valence electrons. The number of urea groups is 1. The highest BCUT2D eigenvalue weighted by Crippen LogP contribution is 2.16. The quantitative estimate of drug-likeness (QED) is 0.649. The van der Waals surface area contributed by atoms with Crippen molar-refractivity contribution >= 4 is 17.6 Å². The second kappa shape index (κ2) is 8.64. The molecule has 2 aromatic rings. The molecule has 6 nitrogen and oxygen atoms in total. The van der Waals surface area contributed by atoms with Crippen LogP contribution in [0, 0.1) is 5.82 Å². The predicted molar refractivity (Wildman–Crippen MR) is 102 cm³/mol. The molecule has 0 heterocycles. The molecule has 3 amide bonds. The molecule has 0 spiro atoms. The van der Waals surface area contributed by atoms with E-state index in [4.69, 9.17) is 0 Å². The lowest BCUT2D eigenvalue weighted by molar-refractivity contribution is 0.0919. The first-order valence-electron chi connectivity index (χ1n) is 8.55. The average molecular weight is 373 g/mol. The minimum atomic E-state index is -1.17. The van der Waals surface area contributed by atoms with E-state index in [1.54, 1.807) is 30.3 Å². The molecule has 4 N–H and O–H groups in total. The van der Waals surface area contributed by atoms with Crippen LogP contribution in [0.3, 0.4) is 0 Å². The summed E-state index contributed by atoms with van der Waals surface area (Å²) < 4.78 is 13.6. The fourth-order valence-electron chi connectivity index (χ4n) is 2.37. The number of rotatable bonds is 5. The Kier molecular flexibility index (Phi) is 6.52. The highest BCUT2D eigenvalue weighted by atomic mass is 19.1. The van der Waals surface area contributed by atoms with Crippen molar-refractivity contribution in [2.24, 2.45) is 0 Å². The van der Waals surface area contributed by atoms with Gasteiger partial charge >= 0.3 is 6.03 Å². The van der Waals surface area contributed by atoms with Crippen molar-refractivity contribution in [3.63, 3.8) is 0 Å². The van der Waals surface area contributed by atoms with Gasteiger partial charge in [0.2, 0.25) is 0 Å². The Balaban J connectivity index is 1.93. The van der Waals surface area contributed by atoms with Gasteiger partial charge in [-0.1, -0.05) is 24.3 Å². The zero-order chi connectivity index (χ0) is 20.0. The molecule has 0 aromatic heterocycles. The normalized spacial score (nSPS) is 12.2. The highest BCUT2D eigenvalue weighted by Gasteiger charge is 2.16. The summed E-state index contributed by atoms with van der Waals surface area (Å²) in [6.07, 6.45) is -1.17. The molecule has 0 aliphatic heterocycles. The molecule has 7 heteroatoms. The van der Waals surface area contributed by atoms with E-state index < -0.39 is 18.0 Å². The smallest absolute Gasteiger partial charge is 0.319 e. The van der Waals surface area contributed by atoms with Crippen molar-refractivity contribution in [2.75, 3.05) is 11.9 Å². The van der Waals surface area contributed by atoms with Crippen molar-refractivity contribution in [2.45, 2.75) is 32.4 Å². The molecule has 27 heavy (non-hydrogen) atoms. The Morgan fingerprint density at radius 1 is 1.11 bits per heavy atom. The summed E-state index contributed by atoms with van der Waals surface area (Å²) in [6.45, 7) is 5.47. The van der Waals surface area contributed by atoms with E-state index in [-0.39, 0.29) is 23.6 Å². The van der Waals surface area contributed by atoms with Crippen LogP contribution in [0.15, 0.2) is 48.5 Å². The standard InChI is InChI=1S/C20H24FN3O3/c1-20(2,3)24-18(26)13-7-6-8-14(11-13)23-19(27)22-12-17(25)15-9-4-5-10-16(15)21/h4-11,17,25H,12H2,1-3H3,(H,24,26)(H2,22,23,27). The van der Waals surface area contributed by atoms with E-state index in [1.165, 1.54) is 18.2 Å². The second-order valence-corrected chi connectivity index (χ2v) is 7.16. The molecule has 0 fully saturated rings. The van der Waals surface area contributed by atoms with Gasteiger partial charge in [-0.3, -0.25) is 4.79 Å². The van der Waals surface area contributed by atoms with Crippen molar-refractivity contribution in [3.05, 3.63) is 65.5 Å². The summed E-state index contributed by atoms with van der Waals surface area (Å²) in [7, 11) is 0. The van der Waals surface area contributed by atoms with Crippen LogP contribution in [0.4, 0.5) is 14.9 Å². The van der Waals surface area contributed by atoms with Crippen molar-refractivity contribution in [3.8, 4) is 0 Å². The molecule has 0 radical (unpaired) electrons. The van der Waals surface area contributed by atoms with Gasteiger partial charge in [0.1, 0.15) is 5.82 Å². The molecule has 2 rings (SSSR count). The SMILES string of the molecule is CC(C)(C)NC(=O)c1cccc(NC(=O)NCC(O)c2ccccc2F)c1. The Labute approximate surface area is 157 Å². The molecular formula is C20H24FN3O3. The molecule has 0 aliphatic carbocycles. The van der Waals surface area contributed by atoms with Crippen molar-refractivity contribution in [1.82, 2.24) is 10.6 Å². The molecule has 0 bridgehead atoms. The number of amides is 3. The summed E-state index contributed by atoms with van der Waals surface area (Å²) in [5.74, 6) is -0.786. The molecule has 2 aromatic carbocycles. The van der Waals surface area contributed by atoms with E-state index in [1.807, 2.05) is 20.8 Å². The van der Waals surface area contributed by atoms with E-state index in [0.29, 0.717) is 11.3 Å². The van der Waals surface area contributed by atoms with Crippen molar-refractivity contribution in [1.29, 1.82) is 0 Å². The molecule has 0 aliphatic rings. The zero-order valence-corrected chi connectivity index (χ0v) is 15.5. The summed E-state index contributed by atoms with van der Waals surface area (Å²) in [6, 6.07) is 11.7. The van der Waals surface area contributed by atoms with Gasteiger partial charge in [-0.15, -0.1) is 0 Å². The first-order chi connectivity index (χ1) is 12.7. The topological polar surface area (TPSA) is 90.5 Å². The number of hydrogen-bond donors (Lipinski definition) is 4. The molecule has 1 atom stereocenters. The zero-order valence-electron chi connectivity index (χ0n) is 15.5. The first kappa shape index (κ1) is 20.4. The number of carbonyl (C=O) groups excluding carboxylic acids is 2. The van der Waals surface area contributed by atoms with Gasteiger partial charge in [-0.2, -0.15) is 0 Å². The predicted octanol–water partition coefficient (Wildman–Crippen LogP) is 3.21. The number of aliphatic hydroxyl groups excluding tert-OH is 1. The lowest BCUT2D eigenvalue weighted by atomic mass is 10.1. The van der Waals surface area contributed by atoms with Gasteiger partial charge in [0.25, 0.3) is 5.91 Å². The Hall–Kier alpha value is -2.93. The number of aliphatic hydroxyl groups is 1. The Morgan fingerprint density at radius 3 is 2.48 bits per heavy atom. The van der Waals surface area contributed by atoms with Crippen LogP contribution in [-0.2, 0) is 0 Å². The number of anilines is 1. The number of hydrogen-bond acceptors (Lipinski definition) is 3. The van der Waals surface area contributed by atoms with Crippen LogP contribution in [0.5, 0.6) is 0 Å². The number of benzene rings is 2. The third-order valence-electron chi connectivity index (χ3n) is 3.59. The van der Waals surface area contributed by atoms with Crippen LogP contribution in [0.25, 0.3) is 0 Å². The lowest BCUT2D eigenvalue weighted by Crippen LogP contribution is -2.40. The Morgan fingerprint density at radius 2 is 1.81 bits per heavy atom. The third kappa shape index (κ3) is 6.38. The number of carbonyl (C=O) groups is 2. The van der Waals surface area contributed by atoms with E-state index in [2.05, 4.69) is 16.0 Å². The van der Waals surface area contributed by atoms with Gasteiger partial charge in [-0.25, -0.2) is 9.18 Å². The fourth-order valence-corrected chi connectivity index (χ4v) is 2.37. The fraction of sp³-hybridized carbons (Fsp3) is 0.300. The van der Waals surface area contributed by atoms with Gasteiger partial charge in [0.15, 0.2) is 0 Å². The van der Waals surface area contributed by atoms with Gasteiger partial charge < -0.3 is 21.1 Å². The average Bonchev–Trinajstić information content (AvgIpc) is 2.59. The van der Waals surface area contributed by atoms with Crippen LogP contribution in [0.1, 0.15) is 42.8 Å². The van der Waals surface area contributed by atoms with E-state index in [9.17, 15) is 19.1 Å². The van der Waals surface area contributed by atoms with Crippen LogP contribution in [0.2, 0.25) is 0 Å². The van der Waals surface area contributed by atoms with Gasteiger partial charge in [0, 0.05) is 28.9 Å². The minimum absolute atomic E-state index is 0.110. The monoisotopic (exact) mass is 373 g/mol. The number of nitrogens with one attached hydrogen (secondary N) is 3. The minimum Gasteiger partial charge on any atom is -0.386 e. The molecular weight excluding hydrogens is 349 g/mol. The highest BCUT2D eigenvalue weighted by molar-refractivity contribution is 5.97. The Bertz CT molecular complexity index is 818. The molecule has 0 saturated carbocycles. The van der Waals surface area contributed by atoms with Crippen LogP contribution < -0.4 is 16.0 Å². The maximum atomic E-state index is 13.6. The van der Waals surface area contributed by atoms with E-state index in [0.717, 1.165) is 0 Å². The summed E-state index contributed by atoms with van der Waals surface area (Å²) >= 11 is 0. The summed E-state index contributed by atoms with van der Waals surface area (Å²) in [5.41, 5.74) is 0.572. The van der Waals surface area contributed by atoms with Crippen LogP contribution in [-0.4, -0.2) is 29.1 Å². The van der Waals surface area contributed by atoms with E-state index >= 15 is 0 Å². The maximum Gasteiger partial charge on any atom is 0.319 e. The van der Waals surface area contributed by atoms with Crippen molar-refractivity contribution < 1.29 is 19.1 Å². The van der Waals surface area contributed by atoms with Gasteiger partial charge in [0.05, 0.1) is 6.10 Å². The third-order valence-corrected chi connectivity index (χ3v) is 3.59. The molecule has 0 saturated heterocycles. The van der Waals surface area contributed by atoms with Crippen LogP contribution >= 0.6 is 0 Å². The molecule has 1 unspecified atom stereocenters.